The normalized spacial score (nSPS) is 13.3. The van der Waals surface area contributed by atoms with E-state index in [4.69, 9.17) is 14.8 Å². The molecule has 10 heteroatoms. The maximum atomic E-state index is 14.1. The highest BCUT2D eigenvalue weighted by atomic mass is 19.1. The van der Waals surface area contributed by atoms with Gasteiger partial charge in [0.1, 0.15) is 23.1 Å². The Morgan fingerprint density at radius 1 is 0.907 bits per heavy atom. The van der Waals surface area contributed by atoms with Gasteiger partial charge >= 0.3 is 5.97 Å². The second-order valence-electron chi connectivity index (χ2n) is 11.3. The number of hydrogen-bond acceptors (Lipinski definition) is 6. The van der Waals surface area contributed by atoms with Gasteiger partial charge in [0.15, 0.2) is 11.2 Å². The Hall–Kier alpha value is -4.83. The SMILES string of the molecule is CC[C@@](OC(C)(C)C)(C(=O)O)c1c(C)nc2cc(-c3cccc(-c4ccc(F)cc4O)c3)nn2c1-c1ccc(F)cc1O. The zero-order valence-electron chi connectivity index (χ0n) is 24.3. The number of carbonyl (C=O) groups is 1. The number of aromatic hydroxyl groups is 2. The second-order valence-corrected chi connectivity index (χ2v) is 11.3. The Bertz CT molecular complexity index is 1880. The van der Waals surface area contributed by atoms with Crippen molar-refractivity contribution in [2.24, 2.45) is 0 Å². The maximum Gasteiger partial charge on any atom is 0.340 e. The molecule has 0 unspecified atom stereocenters. The smallest absolute Gasteiger partial charge is 0.340 e. The number of rotatable bonds is 7. The quantitative estimate of drug-likeness (QED) is 0.184. The predicted octanol–water partition coefficient (Wildman–Crippen LogP) is 7.23. The van der Waals surface area contributed by atoms with E-state index in [1.165, 1.54) is 28.8 Å². The molecular weight excluding hydrogens is 556 g/mol. The van der Waals surface area contributed by atoms with Crippen molar-refractivity contribution in [1.82, 2.24) is 14.6 Å². The van der Waals surface area contributed by atoms with E-state index in [0.29, 0.717) is 33.7 Å². The van der Waals surface area contributed by atoms with Gasteiger partial charge in [0.05, 0.1) is 17.0 Å². The van der Waals surface area contributed by atoms with Crippen molar-refractivity contribution >= 4 is 11.6 Å². The molecule has 3 N–H and O–H groups in total. The Morgan fingerprint density at radius 3 is 2.07 bits per heavy atom. The minimum absolute atomic E-state index is 0.0138. The van der Waals surface area contributed by atoms with Gasteiger partial charge in [-0.25, -0.2) is 23.1 Å². The molecule has 1 atom stereocenters. The van der Waals surface area contributed by atoms with Crippen molar-refractivity contribution in [2.75, 3.05) is 0 Å². The van der Waals surface area contributed by atoms with Crippen LogP contribution in [0.25, 0.3) is 39.3 Å². The molecule has 43 heavy (non-hydrogen) atoms. The molecule has 0 radical (unpaired) electrons. The first kappa shape index (κ1) is 29.7. The lowest BCUT2D eigenvalue weighted by Crippen LogP contribution is -2.45. The molecule has 2 heterocycles. The highest BCUT2D eigenvalue weighted by Crippen LogP contribution is 2.44. The monoisotopic (exact) mass is 587 g/mol. The summed E-state index contributed by atoms with van der Waals surface area (Å²) in [7, 11) is 0. The molecule has 5 aromatic rings. The minimum Gasteiger partial charge on any atom is -0.507 e. The molecular formula is C33H31F2N3O5. The number of aliphatic carboxylic acids is 1. The summed E-state index contributed by atoms with van der Waals surface area (Å²) in [5.74, 6) is -3.11. The average molecular weight is 588 g/mol. The van der Waals surface area contributed by atoms with E-state index in [-0.39, 0.29) is 29.0 Å². The third-order valence-corrected chi connectivity index (χ3v) is 7.15. The molecule has 0 bridgehead atoms. The van der Waals surface area contributed by atoms with E-state index < -0.39 is 34.6 Å². The van der Waals surface area contributed by atoms with Crippen LogP contribution >= 0.6 is 0 Å². The lowest BCUT2D eigenvalue weighted by atomic mass is 9.85. The van der Waals surface area contributed by atoms with Crippen LogP contribution in [0, 0.1) is 18.6 Å². The Labute approximate surface area is 246 Å². The number of benzene rings is 3. The fraction of sp³-hybridized carbons (Fsp3) is 0.242. The largest absolute Gasteiger partial charge is 0.507 e. The number of phenolic OH excluding ortho intramolecular Hbond substituents is 2. The Kier molecular flexibility index (Phi) is 7.43. The van der Waals surface area contributed by atoms with E-state index in [9.17, 15) is 28.9 Å². The number of hydrogen-bond donors (Lipinski definition) is 3. The van der Waals surface area contributed by atoms with Gasteiger partial charge in [-0.2, -0.15) is 5.10 Å². The van der Waals surface area contributed by atoms with Gasteiger partial charge in [-0.15, -0.1) is 0 Å². The molecule has 0 fully saturated rings. The topological polar surface area (TPSA) is 117 Å². The number of aromatic nitrogens is 3. The first-order valence-corrected chi connectivity index (χ1v) is 13.7. The van der Waals surface area contributed by atoms with Crippen LogP contribution in [0.2, 0.25) is 0 Å². The average Bonchev–Trinajstić information content (AvgIpc) is 3.34. The number of carboxylic acid groups (broad SMARTS) is 1. The van der Waals surface area contributed by atoms with Gasteiger partial charge in [-0.3, -0.25) is 0 Å². The van der Waals surface area contributed by atoms with Crippen molar-refractivity contribution in [1.29, 1.82) is 0 Å². The van der Waals surface area contributed by atoms with Crippen LogP contribution in [-0.4, -0.2) is 41.5 Å². The summed E-state index contributed by atoms with van der Waals surface area (Å²) in [6, 6.07) is 16.0. The molecule has 8 nitrogen and oxygen atoms in total. The molecule has 222 valence electrons. The van der Waals surface area contributed by atoms with Gasteiger partial charge in [-0.05, 0) is 70.0 Å². The second kappa shape index (κ2) is 10.8. The Morgan fingerprint density at radius 2 is 1.51 bits per heavy atom. The number of aryl methyl sites for hydroxylation is 1. The molecule has 0 saturated carbocycles. The van der Waals surface area contributed by atoms with Crippen molar-refractivity contribution in [2.45, 2.75) is 52.2 Å². The van der Waals surface area contributed by atoms with Crippen LogP contribution in [0.3, 0.4) is 0 Å². The minimum atomic E-state index is -1.90. The van der Waals surface area contributed by atoms with Crippen molar-refractivity contribution in [3.05, 3.63) is 89.6 Å². The van der Waals surface area contributed by atoms with Crippen molar-refractivity contribution < 1.29 is 33.6 Å². The number of ether oxygens (including phenoxy) is 1. The summed E-state index contributed by atoms with van der Waals surface area (Å²) in [5, 5.41) is 36.7. The van der Waals surface area contributed by atoms with Crippen LogP contribution in [0.15, 0.2) is 66.7 Å². The van der Waals surface area contributed by atoms with Gasteiger partial charge in [0.25, 0.3) is 0 Å². The van der Waals surface area contributed by atoms with Gasteiger partial charge in [-0.1, -0.05) is 25.1 Å². The summed E-state index contributed by atoms with van der Waals surface area (Å²) in [4.78, 5) is 17.7. The number of halogens is 2. The van der Waals surface area contributed by atoms with Crippen LogP contribution in [0.1, 0.15) is 45.4 Å². The number of fused-ring (bicyclic) bond motifs is 1. The van der Waals surface area contributed by atoms with Gasteiger partial charge in [0.2, 0.25) is 0 Å². The van der Waals surface area contributed by atoms with E-state index in [2.05, 4.69) is 0 Å². The summed E-state index contributed by atoms with van der Waals surface area (Å²) < 4.78 is 35.4. The van der Waals surface area contributed by atoms with E-state index in [1.807, 2.05) is 0 Å². The number of nitrogens with zero attached hydrogens (tertiary/aromatic N) is 3. The fourth-order valence-corrected chi connectivity index (χ4v) is 5.42. The molecule has 0 aliphatic carbocycles. The molecule has 0 spiro atoms. The van der Waals surface area contributed by atoms with Crippen LogP contribution in [0.5, 0.6) is 11.5 Å². The Balaban J connectivity index is 1.82. The molecule has 0 saturated heterocycles. The zero-order chi connectivity index (χ0) is 31.3. The molecule has 0 aliphatic rings. The summed E-state index contributed by atoms with van der Waals surface area (Å²) in [6.07, 6.45) is 0.0138. The van der Waals surface area contributed by atoms with Crippen molar-refractivity contribution in [3.63, 3.8) is 0 Å². The zero-order valence-corrected chi connectivity index (χ0v) is 24.3. The third-order valence-electron chi connectivity index (χ3n) is 7.15. The molecule has 0 aliphatic heterocycles. The first-order valence-electron chi connectivity index (χ1n) is 13.7. The standard InChI is InChI=1S/C33H31F2N3O5/c1-6-33(31(41)42,43-32(3,4)5)29-18(2)36-28-17-25(37-38(28)30(29)24-13-11-22(35)16-27(24)40)20-9-7-8-19(14-20)23-12-10-21(34)15-26(23)39/h7-17,39-40H,6H2,1-5H3,(H,41,42)/t33-/m0/s1. The van der Waals surface area contributed by atoms with Crippen LogP contribution in [-0.2, 0) is 15.1 Å². The van der Waals surface area contributed by atoms with Crippen molar-refractivity contribution in [3.8, 4) is 45.1 Å². The summed E-state index contributed by atoms with van der Waals surface area (Å²) in [6.45, 7) is 8.57. The van der Waals surface area contributed by atoms with Gasteiger partial charge in [0, 0.05) is 46.1 Å². The maximum absolute atomic E-state index is 14.1. The predicted molar refractivity (Wildman–Crippen MR) is 158 cm³/mol. The third kappa shape index (κ3) is 5.41. The highest BCUT2D eigenvalue weighted by molar-refractivity contribution is 5.86. The lowest BCUT2D eigenvalue weighted by Gasteiger charge is -2.37. The number of carboxylic acids is 1. The van der Waals surface area contributed by atoms with E-state index >= 15 is 0 Å². The molecule has 5 rings (SSSR count). The summed E-state index contributed by atoms with van der Waals surface area (Å²) >= 11 is 0. The summed E-state index contributed by atoms with van der Waals surface area (Å²) in [5.41, 5.74) is 0.506. The van der Waals surface area contributed by atoms with Gasteiger partial charge < -0.3 is 20.1 Å². The molecule has 0 amide bonds. The van der Waals surface area contributed by atoms with Crippen LogP contribution in [0.4, 0.5) is 8.78 Å². The number of phenols is 2. The van der Waals surface area contributed by atoms with E-state index in [0.717, 1.165) is 12.1 Å². The molecule has 3 aromatic carbocycles. The fourth-order valence-electron chi connectivity index (χ4n) is 5.42. The molecule has 2 aromatic heterocycles. The van der Waals surface area contributed by atoms with E-state index in [1.54, 1.807) is 65.0 Å². The first-order chi connectivity index (χ1) is 20.2. The lowest BCUT2D eigenvalue weighted by molar-refractivity contribution is -0.188. The highest BCUT2D eigenvalue weighted by Gasteiger charge is 2.47. The van der Waals surface area contributed by atoms with Crippen LogP contribution < -0.4 is 0 Å².